The van der Waals surface area contributed by atoms with E-state index in [0.717, 1.165) is 17.8 Å². The number of rotatable bonds is 5. The number of carbonyl (C=O) groups excluding carboxylic acids is 2. The Morgan fingerprint density at radius 2 is 1.82 bits per heavy atom. The smallest absolute Gasteiger partial charge is 0.231 e. The van der Waals surface area contributed by atoms with Crippen LogP contribution in [0.5, 0.6) is 0 Å². The van der Waals surface area contributed by atoms with Gasteiger partial charge < -0.3 is 10.2 Å². The number of carbonyl (C=O) groups is 2. The highest BCUT2D eigenvalue weighted by molar-refractivity contribution is 6.03. The molecule has 3 aromatic rings. The zero-order valence-electron chi connectivity index (χ0n) is 15.7. The Morgan fingerprint density at radius 1 is 1.07 bits per heavy atom. The van der Waals surface area contributed by atoms with Gasteiger partial charge in [0.2, 0.25) is 11.8 Å². The van der Waals surface area contributed by atoms with E-state index >= 15 is 0 Å². The number of hydrogen-bond acceptors (Lipinski definition) is 3. The summed E-state index contributed by atoms with van der Waals surface area (Å²) < 4.78 is 1.71. The molecule has 0 aliphatic carbocycles. The maximum Gasteiger partial charge on any atom is 0.231 e. The van der Waals surface area contributed by atoms with Gasteiger partial charge in [-0.25, -0.2) is 4.68 Å². The maximum atomic E-state index is 12.6. The van der Waals surface area contributed by atoms with E-state index in [9.17, 15) is 9.59 Å². The Kier molecular flexibility index (Phi) is 4.93. The van der Waals surface area contributed by atoms with Crippen molar-refractivity contribution in [3.8, 4) is 5.69 Å². The highest BCUT2D eigenvalue weighted by atomic mass is 16.2. The van der Waals surface area contributed by atoms with Crippen LogP contribution in [-0.2, 0) is 16.0 Å². The average molecular weight is 374 g/mol. The van der Waals surface area contributed by atoms with Crippen LogP contribution in [0.15, 0.2) is 66.9 Å². The van der Waals surface area contributed by atoms with Gasteiger partial charge in [0, 0.05) is 30.9 Å². The fraction of sp³-hybridized carbons (Fsp3) is 0.227. The van der Waals surface area contributed by atoms with E-state index < -0.39 is 0 Å². The fourth-order valence-corrected chi connectivity index (χ4v) is 3.39. The minimum absolute atomic E-state index is 0.0285. The van der Waals surface area contributed by atoms with Crippen molar-refractivity contribution in [1.82, 2.24) is 9.78 Å². The van der Waals surface area contributed by atoms with Crippen molar-refractivity contribution in [2.45, 2.75) is 19.8 Å². The van der Waals surface area contributed by atoms with Crippen LogP contribution in [0.2, 0.25) is 0 Å². The zero-order valence-corrected chi connectivity index (χ0v) is 15.7. The second-order valence-corrected chi connectivity index (χ2v) is 6.90. The molecule has 1 aromatic heterocycles. The third kappa shape index (κ3) is 3.67. The molecule has 2 heterocycles. The molecule has 0 radical (unpaired) electrons. The number of anilines is 2. The van der Waals surface area contributed by atoms with Crippen LogP contribution >= 0.6 is 0 Å². The van der Waals surface area contributed by atoms with E-state index in [4.69, 9.17) is 0 Å². The summed E-state index contributed by atoms with van der Waals surface area (Å²) in [7, 11) is 0. The molecule has 6 nitrogen and oxygen atoms in total. The maximum absolute atomic E-state index is 12.6. The topological polar surface area (TPSA) is 67.2 Å². The molecule has 4 rings (SSSR count). The summed E-state index contributed by atoms with van der Waals surface area (Å²) in [6.45, 7) is 2.48. The Balaban J connectivity index is 1.41. The average Bonchev–Trinajstić information content (AvgIpc) is 3.35. The number of nitrogens with one attached hydrogen (secondary N) is 1. The van der Waals surface area contributed by atoms with Crippen molar-refractivity contribution < 1.29 is 9.59 Å². The second kappa shape index (κ2) is 7.68. The Labute approximate surface area is 163 Å². The summed E-state index contributed by atoms with van der Waals surface area (Å²) in [4.78, 5) is 26.7. The molecule has 142 valence electrons. The van der Waals surface area contributed by atoms with E-state index in [-0.39, 0.29) is 24.2 Å². The van der Waals surface area contributed by atoms with Crippen LogP contribution in [0.1, 0.15) is 18.9 Å². The molecular formula is C22H22N4O2. The molecule has 28 heavy (non-hydrogen) atoms. The molecule has 2 aromatic carbocycles. The SMILES string of the molecule is CCc1ccc(N2CC(C(=O)Nc3ccn(-c4ccccc4)n3)CC2=O)cc1. The minimum atomic E-state index is -0.389. The van der Waals surface area contributed by atoms with Crippen molar-refractivity contribution in [3.05, 3.63) is 72.4 Å². The van der Waals surface area contributed by atoms with Gasteiger partial charge in [0.1, 0.15) is 0 Å². The molecule has 1 N–H and O–H groups in total. The summed E-state index contributed by atoms with van der Waals surface area (Å²) in [6.07, 6.45) is 2.96. The number of nitrogens with zero attached hydrogens (tertiary/aromatic N) is 3. The highest BCUT2D eigenvalue weighted by Gasteiger charge is 2.35. The largest absolute Gasteiger partial charge is 0.312 e. The molecule has 1 saturated heterocycles. The molecule has 1 aliphatic rings. The number of amides is 2. The predicted molar refractivity (Wildman–Crippen MR) is 108 cm³/mol. The molecule has 6 heteroatoms. The number of aromatic nitrogens is 2. The highest BCUT2D eigenvalue weighted by Crippen LogP contribution is 2.26. The first-order chi connectivity index (χ1) is 13.6. The third-order valence-corrected chi connectivity index (χ3v) is 5.01. The van der Waals surface area contributed by atoms with Gasteiger partial charge >= 0.3 is 0 Å². The Bertz CT molecular complexity index is 979. The summed E-state index contributed by atoms with van der Waals surface area (Å²) in [6, 6.07) is 19.4. The number of benzene rings is 2. The quantitative estimate of drug-likeness (QED) is 0.744. The van der Waals surface area contributed by atoms with Crippen LogP contribution in [-0.4, -0.2) is 28.1 Å². The molecule has 0 spiro atoms. The lowest BCUT2D eigenvalue weighted by molar-refractivity contribution is -0.122. The summed E-state index contributed by atoms with van der Waals surface area (Å²) in [5.41, 5.74) is 2.98. The lowest BCUT2D eigenvalue weighted by atomic mass is 10.1. The summed E-state index contributed by atoms with van der Waals surface area (Å²) in [5, 5.41) is 7.23. The molecule has 1 atom stereocenters. The van der Waals surface area contributed by atoms with Crippen molar-refractivity contribution in [3.63, 3.8) is 0 Å². The first-order valence-corrected chi connectivity index (χ1v) is 9.45. The third-order valence-electron chi connectivity index (χ3n) is 5.01. The van der Waals surface area contributed by atoms with Gasteiger partial charge in [0.25, 0.3) is 0 Å². The first kappa shape index (κ1) is 18.0. The summed E-state index contributed by atoms with van der Waals surface area (Å²) >= 11 is 0. The predicted octanol–water partition coefficient (Wildman–Crippen LogP) is 3.43. The molecule has 0 saturated carbocycles. The lowest BCUT2D eigenvalue weighted by Gasteiger charge is -2.17. The van der Waals surface area contributed by atoms with Gasteiger partial charge in [-0.05, 0) is 36.2 Å². The fourth-order valence-electron chi connectivity index (χ4n) is 3.39. The van der Waals surface area contributed by atoms with E-state index in [0.29, 0.717) is 12.4 Å². The number of hydrogen-bond donors (Lipinski definition) is 1. The zero-order chi connectivity index (χ0) is 19.5. The molecular weight excluding hydrogens is 352 g/mol. The Morgan fingerprint density at radius 3 is 2.54 bits per heavy atom. The van der Waals surface area contributed by atoms with Crippen LogP contribution in [0, 0.1) is 5.92 Å². The second-order valence-electron chi connectivity index (χ2n) is 6.90. The van der Waals surface area contributed by atoms with E-state index in [1.807, 2.05) is 54.6 Å². The monoisotopic (exact) mass is 374 g/mol. The number of aryl methyl sites for hydroxylation is 1. The molecule has 2 amide bonds. The van der Waals surface area contributed by atoms with Crippen LogP contribution in [0.25, 0.3) is 5.69 Å². The first-order valence-electron chi connectivity index (χ1n) is 9.45. The van der Waals surface area contributed by atoms with Crippen molar-refractivity contribution in [1.29, 1.82) is 0 Å². The minimum Gasteiger partial charge on any atom is -0.312 e. The van der Waals surface area contributed by atoms with Gasteiger partial charge in [-0.3, -0.25) is 9.59 Å². The van der Waals surface area contributed by atoms with Crippen molar-refractivity contribution >= 4 is 23.3 Å². The van der Waals surface area contributed by atoms with Gasteiger partial charge in [-0.15, -0.1) is 0 Å². The van der Waals surface area contributed by atoms with Crippen LogP contribution in [0.4, 0.5) is 11.5 Å². The molecule has 1 aliphatic heterocycles. The molecule has 1 unspecified atom stereocenters. The Hall–Kier alpha value is -3.41. The van der Waals surface area contributed by atoms with Crippen LogP contribution in [0.3, 0.4) is 0 Å². The van der Waals surface area contributed by atoms with Gasteiger partial charge in [0.15, 0.2) is 5.82 Å². The van der Waals surface area contributed by atoms with Gasteiger partial charge in [-0.2, -0.15) is 5.10 Å². The van der Waals surface area contributed by atoms with E-state index in [2.05, 4.69) is 17.3 Å². The lowest BCUT2D eigenvalue weighted by Crippen LogP contribution is -2.28. The van der Waals surface area contributed by atoms with Crippen molar-refractivity contribution in [2.24, 2.45) is 5.92 Å². The summed E-state index contributed by atoms with van der Waals surface area (Å²) in [5.74, 6) is -0.120. The standard InChI is InChI=1S/C22H22N4O2/c1-2-16-8-10-18(11-9-16)25-15-17(14-21(25)27)22(28)23-20-12-13-26(24-20)19-6-4-3-5-7-19/h3-13,17H,2,14-15H2,1H3,(H,23,24,28). The normalized spacial score (nSPS) is 16.4. The molecule has 1 fully saturated rings. The van der Waals surface area contributed by atoms with E-state index in [1.165, 1.54) is 5.56 Å². The van der Waals surface area contributed by atoms with Crippen molar-refractivity contribution in [2.75, 3.05) is 16.8 Å². The van der Waals surface area contributed by atoms with Crippen LogP contribution < -0.4 is 10.2 Å². The molecule has 0 bridgehead atoms. The van der Waals surface area contributed by atoms with Gasteiger partial charge in [0.05, 0.1) is 11.6 Å². The van der Waals surface area contributed by atoms with E-state index in [1.54, 1.807) is 21.8 Å². The number of para-hydroxylation sites is 1. The van der Waals surface area contributed by atoms with Gasteiger partial charge in [-0.1, -0.05) is 37.3 Å².